The number of amides is 1. The first-order valence-corrected chi connectivity index (χ1v) is 9.32. The maximum absolute atomic E-state index is 12.2. The molecule has 0 aromatic heterocycles. The van der Waals surface area contributed by atoms with Crippen molar-refractivity contribution in [3.8, 4) is 0 Å². The second-order valence-electron chi connectivity index (χ2n) is 6.48. The van der Waals surface area contributed by atoms with E-state index in [2.05, 4.69) is 22.8 Å². The molecule has 0 saturated heterocycles. The lowest BCUT2D eigenvalue weighted by Gasteiger charge is -2.18. The van der Waals surface area contributed by atoms with Crippen molar-refractivity contribution < 1.29 is 14.3 Å². The monoisotopic (exact) mass is 368 g/mol. The van der Waals surface area contributed by atoms with Crippen LogP contribution in [0, 0.1) is 0 Å². The van der Waals surface area contributed by atoms with Crippen molar-refractivity contribution in [2.24, 2.45) is 0 Å². The predicted molar refractivity (Wildman–Crippen MR) is 106 cm³/mol. The number of aryl methyl sites for hydroxylation is 1. The molecule has 5 nitrogen and oxygen atoms in total. The quantitative estimate of drug-likeness (QED) is 0.472. The summed E-state index contributed by atoms with van der Waals surface area (Å²) in [5.74, 6) is -0.421. The van der Waals surface area contributed by atoms with E-state index in [0.717, 1.165) is 19.4 Å². The maximum atomic E-state index is 12.2. The Labute approximate surface area is 161 Å². The normalized spacial score (nSPS) is 11.6. The van der Waals surface area contributed by atoms with Crippen molar-refractivity contribution in [3.63, 3.8) is 0 Å². The van der Waals surface area contributed by atoms with Gasteiger partial charge in [-0.3, -0.25) is 9.59 Å². The van der Waals surface area contributed by atoms with Gasteiger partial charge in [-0.1, -0.05) is 60.7 Å². The Morgan fingerprint density at radius 2 is 1.52 bits per heavy atom. The summed E-state index contributed by atoms with van der Waals surface area (Å²) in [6.45, 7) is 0.957. The highest BCUT2D eigenvalue weighted by atomic mass is 16.5. The molecule has 0 fully saturated rings. The summed E-state index contributed by atoms with van der Waals surface area (Å²) in [6.07, 6.45) is 2.53. The van der Waals surface area contributed by atoms with E-state index in [0.29, 0.717) is 6.42 Å². The second kappa shape index (κ2) is 11.9. The van der Waals surface area contributed by atoms with E-state index in [1.54, 1.807) is 0 Å². The molecule has 0 saturated carbocycles. The molecule has 5 heteroatoms. The van der Waals surface area contributed by atoms with Crippen LogP contribution >= 0.6 is 0 Å². The molecule has 0 bridgehead atoms. The molecule has 27 heavy (non-hydrogen) atoms. The fraction of sp³-hybridized carbons (Fsp3) is 0.364. The number of benzene rings is 2. The summed E-state index contributed by atoms with van der Waals surface area (Å²) < 4.78 is 4.76. The number of nitrogens with one attached hydrogen (secondary N) is 2. The van der Waals surface area contributed by atoms with Gasteiger partial charge >= 0.3 is 5.97 Å². The number of carbonyl (C=O) groups excluding carboxylic acids is 2. The van der Waals surface area contributed by atoms with E-state index in [9.17, 15) is 9.59 Å². The van der Waals surface area contributed by atoms with Crippen molar-refractivity contribution >= 4 is 11.9 Å². The zero-order valence-electron chi connectivity index (χ0n) is 15.8. The largest absolute Gasteiger partial charge is 0.469 e. The lowest BCUT2D eigenvalue weighted by Crippen LogP contribution is -2.42. The highest BCUT2D eigenvalue weighted by Crippen LogP contribution is 2.08. The standard InChI is InChI=1S/C22H28N2O3/c1-27-22(26)16-20(13-12-18-8-4-2-5-9-18)24-21(25)17-23-15-14-19-10-6-3-7-11-19/h2-11,20,23H,12-17H2,1H3,(H,24,25)/t20-/m1/s1. The van der Waals surface area contributed by atoms with Gasteiger partial charge in [0.2, 0.25) is 5.91 Å². The molecule has 2 aromatic carbocycles. The van der Waals surface area contributed by atoms with Crippen LogP contribution in [0.1, 0.15) is 24.0 Å². The van der Waals surface area contributed by atoms with Crippen LogP contribution in [-0.4, -0.2) is 38.1 Å². The van der Waals surface area contributed by atoms with Gasteiger partial charge in [0.15, 0.2) is 0 Å². The van der Waals surface area contributed by atoms with E-state index >= 15 is 0 Å². The van der Waals surface area contributed by atoms with E-state index in [1.807, 2.05) is 48.5 Å². The van der Waals surface area contributed by atoms with E-state index in [-0.39, 0.29) is 30.9 Å². The Bertz CT molecular complexity index is 689. The minimum Gasteiger partial charge on any atom is -0.469 e. The third-order valence-electron chi connectivity index (χ3n) is 4.35. The number of ether oxygens (including phenoxy) is 1. The Morgan fingerprint density at radius 1 is 0.926 bits per heavy atom. The molecule has 0 spiro atoms. The number of hydrogen-bond donors (Lipinski definition) is 2. The highest BCUT2D eigenvalue weighted by Gasteiger charge is 2.16. The average molecular weight is 368 g/mol. The smallest absolute Gasteiger partial charge is 0.307 e. The lowest BCUT2D eigenvalue weighted by atomic mass is 10.0. The van der Waals surface area contributed by atoms with Gasteiger partial charge in [0.05, 0.1) is 20.1 Å². The van der Waals surface area contributed by atoms with Crippen molar-refractivity contribution in [2.75, 3.05) is 20.2 Å². The molecule has 1 amide bonds. The predicted octanol–water partition coefficient (Wildman–Crippen LogP) is 2.50. The van der Waals surface area contributed by atoms with Crippen molar-refractivity contribution in [1.29, 1.82) is 0 Å². The van der Waals surface area contributed by atoms with Crippen LogP contribution in [0.25, 0.3) is 0 Å². The number of esters is 1. The Kier molecular flexibility index (Phi) is 9.07. The first-order valence-electron chi connectivity index (χ1n) is 9.32. The third kappa shape index (κ3) is 8.51. The molecule has 0 heterocycles. The van der Waals surface area contributed by atoms with Crippen LogP contribution in [0.3, 0.4) is 0 Å². The molecule has 2 N–H and O–H groups in total. The van der Waals surface area contributed by atoms with Crippen LogP contribution in [0.4, 0.5) is 0 Å². The van der Waals surface area contributed by atoms with Crippen LogP contribution in [0.15, 0.2) is 60.7 Å². The van der Waals surface area contributed by atoms with Gasteiger partial charge in [0.25, 0.3) is 0 Å². The van der Waals surface area contributed by atoms with Gasteiger partial charge in [-0.15, -0.1) is 0 Å². The number of carbonyl (C=O) groups is 2. The SMILES string of the molecule is COC(=O)C[C@@H](CCc1ccccc1)NC(=O)CNCCc1ccccc1. The summed E-state index contributed by atoms with van der Waals surface area (Å²) in [5.41, 5.74) is 2.42. The molecular formula is C22H28N2O3. The minimum atomic E-state index is -0.314. The highest BCUT2D eigenvalue weighted by molar-refractivity contribution is 5.79. The molecule has 0 aliphatic heterocycles. The van der Waals surface area contributed by atoms with Crippen molar-refractivity contribution in [2.45, 2.75) is 31.7 Å². The molecule has 1 atom stereocenters. The fourth-order valence-electron chi connectivity index (χ4n) is 2.85. The zero-order valence-corrected chi connectivity index (χ0v) is 15.8. The van der Waals surface area contributed by atoms with Gasteiger partial charge in [-0.2, -0.15) is 0 Å². The first kappa shape index (κ1) is 20.6. The summed E-state index contributed by atoms with van der Waals surface area (Å²) in [7, 11) is 1.36. The molecule has 144 valence electrons. The Morgan fingerprint density at radius 3 is 2.11 bits per heavy atom. The van der Waals surface area contributed by atoms with Crippen LogP contribution in [-0.2, 0) is 27.2 Å². The minimum absolute atomic E-state index is 0.106. The third-order valence-corrected chi connectivity index (χ3v) is 4.35. The van der Waals surface area contributed by atoms with Gasteiger partial charge in [-0.25, -0.2) is 0 Å². The maximum Gasteiger partial charge on any atom is 0.307 e. The van der Waals surface area contributed by atoms with E-state index in [4.69, 9.17) is 4.74 Å². The number of hydrogen-bond acceptors (Lipinski definition) is 4. The van der Waals surface area contributed by atoms with Gasteiger partial charge in [0.1, 0.15) is 0 Å². The van der Waals surface area contributed by atoms with Crippen LogP contribution in [0.2, 0.25) is 0 Å². The van der Waals surface area contributed by atoms with E-state index in [1.165, 1.54) is 18.2 Å². The van der Waals surface area contributed by atoms with Crippen LogP contribution in [0.5, 0.6) is 0 Å². The van der Waals surface area contributed by atoms with Crippen molar-refractivity contribution in [3.05, 3.63) is 71.8 Å². The topological polar surface area (TPSA) is 67.4 Å². The zero-order chi connectivity index (χ0) is 19.3. The van der Waals surface area contributed by atoms with E-state index < -0.39 is 0 Å². The number of methoxy groups -OCH3 is 1. The molecule has 2 rings (SSSR count). The Hall–Kier alpha value is -2.66. The first-order chi connectivity index (χ1) is 13.2. The molecule has 0 radical (unpaired) electrons. The van der Waals surface area contributed by atoms with Crippen LogP contribution < -0.4 is 10.6 Å². The average Bonchev–Trinajstić information content (AvgIpc) is 2.71. The van der Waals surface area contributed by atoms with Crippen molar-refractivity contribution in [1.82, 2.24) is 10.6 Å². The van der Waals surface area contributed by atoms with Gasteiger partial charge in [0, 0.05) is 6.04 Å². The second-order valence-corrected chi connectivity index (χ2v) is 6.48. The molecular weight excluding hydrogens is 340 g/mol. The Balaban J connectivity index is 1.74. The molecule has 2 aromatic rings. The summed E-state index contributed by atoms with van der Waals surface area (Å²) in [6, 6.07) is 19.9. The molecule has 0 aliphatic rings. The summed E-state index contributed by atoms with van der Waals surface area (Å²) >= 11 is 0. The lowest BCUT2D eigenvalue weighted by molar-refractivity contribution is -0.141. The molecule has 0 aliphatic carbocycles. The van der Waals surface area contributed by atoms with Gasteiger partial charge in [-0.05, 0) is 36.9 Å². The summed E-state index contributed by atoms with van der Waals surface area (Å²) in [5, 5.41) is 6.10. The molecule has 0 unspecified atom stereocenters. The fourth-order valence-corrected chi connectivity index (χ4v) is 2.85. The number of rotatable bonds is 11. The van der Waals surface area contributed by atoms with Gasteiger partial charge < -0.3 is 15.4 Å². The summed E-state index contributed by atoms with van der Waals surface area (Å²) in [4.78, 5) is 23.9.